The number of hydrogen-bond acceptors (Lipinski definition) is 5. The third-order valence-electron chi connectivity index (χ3n) is 4.42. The summed E-state index contributed by atoms with van der Waals surface area (Å²) in [5.74, 6) is -1.31. The van der Waals surface area contributed by atoms with Crippen LogP contribution in [0.4, 0.5) is 32.0 Å². The van der Waals surface area contributed by atoms with Crippen molar-refractivity contribution in [1.29, 1.82) is 0 Å². The molecular weight excluding hydrogens is 444 g/mol. The summed E-state index contributed by atoms with van der Waals surface area (Å²) in [6, 6.07) is 4.50. The highest BCUT2D eigenvalue weighted by atomic mass is 19.4. The monoisotopic (exact) mass is 455 g/mol. The summed E-state index contributed by atoms with van der Waals surface area (Å²) < 4.78 is 81.2. The molecule has 0 aliphatic rings. The van der Waals surface area contributed by atoms with Crippen molar-refractivity contribution >= 4 is 22.6 Å². The van der Waals surface area contributed by atoms with Gasteiger partial charge >= 0.3 is 12.4 Å². The number of aryl methyl sites for hydroxylation is 1. The van der Waals surface area contributed by atoms with Crippen LogP contribution in [0.2, 0.25) is 0 Å². The summed E-state index contributed by atoms with van der Waals surface area (Å²) >= 11 is 0. The molecule has 4 aromatic rings. The highest BCUT2D eigenvalue weighted by Gasteiger charge is 2.43. The summed E-state index contributed by atoms with van der Waals surface area (Å²) in [6.07, 6.45) is -7.64. The lowest BCUT2D eigenvalue weighted by Crippen LogP contribution is -2.21. The van der Waals surface area contributed by atoms with Gasteiger partial charge in [0.1, 0.15) is 22.6 Å². The van der Waals surface area contributed by atoms with Gasteiger partial charge in [-0.05, 0) is 24.3 Å². The lowest BCUT2D eigenvalue weighted by atomic mass is 10.1. The Bertz CT molecular complexity index is 1320. The van der Waals surface area contributed by atoms with E-state index in [1.165, 1.54) is 18.3 Å². The second-order valence-corrected chi connectivity index (χ2v) is 6.55. The van der Waals surface area contributed by atoms with E-state index < -0.39 is 40.9 Å². The molecule has 0 bridgehead atoms. The molecule has 8 nitrogen and oxygen atoms in total. The van der Waals surface area contributed by atoms with Crippen molar-refractivity contribution in [3.63, 3.8) is 0 Å². The second kappa shape index (κ2) is 7.32. The number of nitrogens with one attached hydrogen (secondary N) is 2. The molecule has 0 aliphatic heterocycles. The number of H-pyrrole nitrogens is 1. The second-order valence-electron chi connectivity index (χ2n) is 6.55. The number of carbonyl (C=O) groups is 1. The zero-order chi connectivity index (χ0) is 23.3. The van der Waals surface area contributed by atoms with Gasteiger partial charge in [0.25, 0.3) is 5.91 Å². The van der Waals surface area contributed by atoms with E-state index in [0.717, 1.165) is 19.3 Å². The average Bonchev–Trinajstić information content (AvgIpc) is 3.28. The van der Waals surface area contributed by atoms with Crippen molar-refractivity contribution in [3.8, 4) is 11.4 Å². The minimum atomic E-state index is -5.02. The molecule has 4 heterocycles. The van der Waals surface area contributed by atoms with E-state index in [1.54, 1.807) is 0 Å². The van der Waals surface area contributed by atoms with E-state index >= 15 is 0 Å². The van der Waals surface area contributed by atoms with E-state index in [2.05, 4.69) is 25.3 Å². The molecular formula is C18H11F6N7O. The number of aromatic amines is 1. The molecule has 14 heteroatoms. The van der Waals surface area contributed by atoms with Crippen molar-refractivity contribution in [2.24, 2.45) is 7.05 Å². The van der Waals surface area contributed by atoms with Gasteiger partial charge in [-0.1, -0.05) is 0 Å². The molecule has 0 spiro atoms. The Morgan fingerprint density at radius 2 is 1.81 bits per heavy atom. The number of halogens is 6. The number of anilines is 1. The Morgan fingerprint density at radius 1 is 1.06 bits per heavy atom. The molecule has 0 saturated carbocycles. The Kier molecular flexibility index (Phi) is 4.86. The summed E-state index contributed by atoms with van der Waals surface area (Å²) in [5.41, 5.74) is -4.55. The van der Waals surface area contributed by atoms with Crippen LogP contribution in [-0.4, -0.2) is 35.9 Å². The Balaban J connectivity index is 1.81. The van der Waals surface area contributed by atoms with E-state index in [0.29, 0.717) is 10.7 Å². The number of fused-ring (bicyclic) bond motifs is 1. The Hall–Kier alpha value is -3.97. The fraction of sp³-hybridized carbons (Fsp3) is 0.167. The summed E-state index contributed by atoms with van der Waals surface area (Å²) in [4.78, 5) is 19.8. The molecule has 32 heavy (non-hydrogen) atoms. The number of nitrogens with zero attached hydrogens (tertiary/aromatic N) is 5. The standard InChI is InChI=1S/C18H11F6N7O/c1-31-14(16(32)27-8-4-6-25-10(7-8)17(19,20)21)11(18(22,23)24)13(30-31)12-9-3-2-5-26-15(9)29-28-12/h2-7H,1H3,(H,25,27,32)(H,26,28,29). The van der Waals surface area contributed by atoms with E-state index in [1.807, 2.05) is 5.32 Å². The summed E-state index contributed by atoms with van der Waals surface area (Å²) in [6.45, 7) is 0. The van der Waals surface area contributed by atoms with Crippen molar-refractivity contribution in [2.75, 3.05) is 5.32 Å². The van der Waals surface area contributed by atoms with Crippen LogP contribution >= 0.6 is 0 Å². The predicted molar refractivity (Wildman–Crippen MR) is 98.3 cm³/mol. The minimum Gasteiger partial charge on any atom is -0.321 e. The molecule has 4 aromatic heterocycles. The SMILES string of the molecule is Cn1nc(-c2[nH]nc3ncccc23)c(C(F)(F)F)c1C(=O)Nc1ccnc(C(F)(F)F)c1. The van der Waals surface area contributed by atoms with Crippen LogP contribution < -0.4 is 5.32 Å². The van der Waals surface area contributed by atoms with Crippen molar-refractivity contribution in [3.05, 3.63) is 53.6 Å². The molecule has 4 rings (SSSR count). The fourth-order valence-electron chi connectivity index (χ4n) is 3.11. The molecule has 0 aliphatic carbocycles. The van der Waals surface area contributed by atoms with Gasteiger partial charge in [-0.15, -0.1) is 0 Å². The number of pyridine rings is 2. The smallest absolute Gasteiger partial charge is 0.321 e. The molecule has 1 amide bonds. The maximum absolute atomic E-state index is 14.0. The van der Waals surface area contributed by atoms with Gasteiger partial charge in [0.05, 0.1) is 5.69 Å². The normalized spacial score (nSPS) is 12.3. The fourth-order valence-corrected chi connectivity index (χ4v) is 3.11. The molecule has 166 valence electrons. The van der Waals surface area contributed by atoms with Gasteiger partial charge in [-0.2, -0.15) is 36.5 Å². The molecule has 0 fully saturated rings. The molecule has 0 radical (unpaired) electrons. The van der Waals surface area contributed by atoms with Gasteiger partial charge in [0.2, 0.25) is 0 Å². The average molecular weight is 455 g/mol. The number of carbonyl (C=O) groups excluding carboxylic acids is 1. The zero-order valence-corrected chi connectivity index (χ0v) is 15.9. The van der Waals surface area contributed by atoms with Crippen LogP contribution in [0.1, 0.15) is 21.7 Å². The first-order valence-electron chi connectivity index (χ1n) is 8.75. The summed E-state index contributed by atoms with van der Waals surface area (Å²) in [5, 5.41) is 12.4. The van der Waals surface area contributed by atoms with Gasteiger partial charge in [0.15, 0.2) is 5.65 Å². The van der Waals surface area contributed by atoms with Crippen LogP contribution in [0.3, 0.4) is 0 Å². The predicted octanol–water partition coefficient (Wildman–Crippen LogP) is 4.04. The number of alkyl halides is 6. The maximum atomic E-state index is 14.0. The van der Waals surface area contributed by atoms with Gasteiger partial charge in [0, 0.05) is 30.5 Å². The van der Waals surface area contributed by atoms with Crippen LogP contribution in [0.25, 0.3) is 22.4 Å². The summed E-state index contributed by atoms with van der Waals surface area (Å²) in [7, 11) is 1.11. The van der Waals surface area contributed by atoms with Crippen molar-refractivity contribution < 1.29 is 31.1 Å². The highest BCUT2D eigenvalue weighted by molar-refractivity contribution is 6.06. The number of rotatable bonds is 3. The molecule has 0 atom stereocenters. The van der Waals surface area contributed by atoms with Crippen LogP contribution in [-0.2, 0) is 19.4 Å². The van der Waals surface area contributed by atoms with Crippen LogP contribution in [0.15, 0.2) is 36.7 Å². The van der Waals surface area contributed by atoms with Crippen molar-refractivity contribution in [1.82, 2.24) is 29.9 Å². The number of aromatic nitrogens is 6. The topological polar surface area (TPSA) is 101 Å². The third-order valence-corrected chi connectivity index (χ3v) is 4.42. The van der Waals surface area contributed by atoms with E-state index in [4.69, 9.17) is 0 Å². The Labute approximate surface area is 174 Å². The third kappa shape index (κ3) is 3.74. The van der Waals surface area contributed by atoms with Gasteiger partial charge in [-0.3, -0.25) is 19.6 Å². The quantitative estimate of drug-likeness (QED) is 0.454. The van der Waals surface area contributed by atoms with Crippen LogP contribution in [0, 0.1) is 0 Å². The van der Waals surface area contributed by atoms with Crippen LogP contribution in [0.5, 0.6) is 0 Å². The number of hydrogen-bond donors (Lipinski definition) is 2. The minimum absolute atomic E-state index is 0.113. The first-order chi connectivity index (χ1) is 15.0. The lowest BCUT2D eigenvalue weighted by Gasteiger charge is -2.12. The van der Waals surface area contributed by atoms with Gasteiger partial charge < -0.3 is 5.32 Å². The van der Waals surface area contributed by atoms with E-state index in [9.17, 15) is 31.1 Å². The van der Waals surface area contributed by atoms with Crippen molar-refractivity contribution in [2.45, 2.75) is 12.4 Å². The molecule has 0 saturated heterocycles. The first kappa shape index (κ1) is 21.3. The van der Waals surface area contributed by atoms with E-state index in [-0.39, 0.29) is 22.4 Å². The first-order valence-corrected chi connectivity index (χ1v) is 8.75. The number of amides is 1. The molecule has 0 unspecified atom stereocenters. The maximum Gasteiger partial charge on any atom is 0.433 e. The largest absolute Gasteiger partial charge is 0.433 e. The zero-order valence-electron chi connectivity index (χ0n) is 15.9. The highest BCUT2D eigenvalue weighted by Crippen LogP contribution is 2.40. The Morgan fingerprint density at radius 3 is 2.50 bits per heavy atom. The molecule has 0 aromatic carbocycles. The van der Waals surface area contributed by atoms with Gasteiger partial charge in [-0.25, -0.2) is 4.98 Å². The lowest BCUT2D eigenvalue weighted by molar-refractivity contribution is -0.141. The molecule has 2 N–H and O–H groups in total.